The molecule has 3 rings (SSSR count). The Bertz CT molecular complexity index is 521. The molecule has 2 aromatic rings. The summed E-state index contributed by atoms with van der Waals surface area (Å²) in [6.07, 6.45) is 5.16. The van der Waals surface area contributed by atoms with Crippen molar-refractivity contribution in [1.82, 2.24) is 9.38 Å². The summed E-state index contributed by atoms with van der Waals surface area (Å²) in [6.45, 7) is 2.12. The molecule has 2 aromatic heterocycles. The monoisotopic (exact) mass is 215 g/mol. The van der Waals surface area contributed by atoms with Gasteiger partial charge in [-0.25, -0.2) is 4.98 Å². The van der Waals surface area contributed by atoms with Crippen LogP contribution in [0.5, 0.6) is 0 Å². The van der Waals surface area contributed by atoms with Crippen LogP contribution in [0.15, 0.2) is 18.2 Å². The summed E-state index contributed by atoms with van der Waals surface area (Å²) >= 11 is 0. The Labute approximate surface area is 95.3 Å². The van der Waals surface area contributed by atoms with Gasteiger partial charge in [0.1, 0.15) is 11.6 Å². The Morgan fingerprint density at radius 1 is 1.31 bits per heavy atom. The lowest BCUT2D eigenvalue weighted by Crippen LogP contribution is -2.02. The van der Waals surface area contributed by atoms with E-state index >= 15 is 0 Å². The number of fused-ring (bicyclic) bond motifs is 1. The predicted molar refractivity (Wildman–Crippen MR) is 65.6 cm³/mol. The Hall–Kier alpha value is -1.51. The van der Waals surface area contributed by atoms with E-state index < -0.39 is 0 Å². The summed E-state index contributed by atoms with van der Waals surface area (Å²) in [6, 6.07) is 6.21. The molecule has 3 nitrogen and oxygen atoms in total. The zero-order valence-corrected chi connectivity index (χ0v) is 9.61. The summed E-state index contributed by atoms with van der Waals surface area (Å²) in [4.78, 5) is 4.57. The number of rotatable bonds is 1. The maximum absolute atomic E-state index is 5.98. The van der Waals surface area contributed by atoms with Crippen LogP contribution < -0.4 is 5.73 Å². The molecule has 16 heavy (non-hydrogen) atoms. The third-order valence-electron chi connectivity index (χ3n) is 3.63. The Kier molecular flexibility index (Phi) is 2.13. The molecule has 1 fully saturated rings. The highest BCUT2D eigenvalue weighted by Gasteiger charge is 2.23. The van der Waals surface area contributed by atoms with Crippen LogP contribution in [-0.2, 0) is 0 Å². The van der Waals surface area contributed by atoms with Crippen LogP contribution in [0.2, 0.25) is 0 Å². The van der Waals surface area contributed by atoms with Crippen LogP contribution in [0.1, 0.15) is 43.1 Å². The summed E-state index contributed by atoms with van der Waals surface area (Å²) in [7, 11) is 0. The number of anilines is 1. The normalized spacial score (nSPS) is 17.3. The number of pyridine rings is 1. The van der Waals surface area contributed by atoms with E-state index in [-0.39, 0.29) is 0 Å². The molecule has 3 heteroatoms. The number of hydrogen-bond donors (Lipinski definition) is 1. The topological polar surface area (TPSA) is 43.3 Å². The van der Waals surface area contributed by atoms with Crippen LogP contribution in [-0.4, -0.2) is 9.38 Å². The zero-order chi connectivity index (χ0) is 11.1. The first-order valence-electron chi connectivity index (χ1n) is 6.01. The van der Waals surface area contributed by atoms with E-state index in [4.69, 9.17) is 5.73 Å². The molecule has 0 saturated heterocycles. The van der Waals surface area contributed by atoms with Gasteiger partial charge in [-0.1, -0.05) is 18.9 Å². The van der Waals surface area contributed by atoms with Gasteiger partial charge >= 0.3 is 0 Å². The molecule has 0 unspecified atom stereocenters. The molecule has 0 aromatic carbocycles. The van der Waals surface area contributed by atoms with Gasteiger partial charge in [-0.15, -0.1) is 0 Å². The first-order chi connectivity index (χ1) is 7.77. The molecular weight excluding hydrogens is 198 g/mol. The Morgan fingerprint density at radius 3 is 2.81 bits per heavy atom. The molecule has 2 N–H and O–H groups in total. The van der Waals surface area contributed by atoms with Crippen molar-refractivity contribution < 1.29 is 0 Å². The molecule has 0 aliphatic heterocycles. The molecule has 1 saturated carbocycles. The summed E-state index contributed by atoms with van der Waals surface area (Å²) < 4.78 is 2.23. The smallest absolute Gasteiger partial charge is 0.149 e. The van der Waals surface area contributed by atoms with Crippen LogP contribution in [0, 0.1) is 6.92 Å². The van der Waals surface area contributed by atoms with Crippen LogP contribution in [0.25, 0.3) is 5.52 Å². The molecule has 0 radical (unpaired) electrons. The van der Waals surface area contributed by atoms with E-state index in [2.05, 4.69) is 22.4 Å². The van der Waals surface area contributed by atoms with Gasteiger partial charge in [-0.3, -0.25) is 4.40 Å². The van der Waals surface area contributed by atoms with Gasteiger partial charge in [0.05, 0.1) is 5.52 Å². The summed E-state index contributed by atoms with van der Waals surface area (Å²) in [5.74, 6) is 2.44. The standard InChI is InChI=1S/C13H17N3/c1-9-5-4-8-11-12(14)15-13(16(9)11)10-6-2-3-7-10/h4-5,8,10H,2-3,6-7,14H2,1H3. The minimum absolute atomic E-state index is 0.603. The van der Waals surface area contributed by atoms with Gasteiger partial charge in [0, 0.05) is 11.6 Å². The number of hydrogen-bond acceptors (Lipinski definition) is 2. The lowest BCUT2D eigenvalue weighted by Gasteiger charge is -2.09. The van der Waals surface area contributed by atoms with Crippen molar-refractivity contribution in [2.24, 2.45) is 0 Å². The zero-order valence-electron chi connectivity index (χ0n) is 9.61. The molecule has 0 atom stereocenters. The van der Waals surface area contributed by atoms with E-state index in [0.29, 0.717) is 11.7 Å². The molecule has 84 valence electrons. The van der Waals surface area contributed by atoms with Crippen LogP contribution in [0.4, 0.5) is 5.82 Å². The highest BCUT2D eigenvalue weighted by Crippen LogP contribution is 2.35. The number of nitrogen functional groups attached to an aromatic ring is 1. The maximum atomic E-state index is 5.98. The van der Waals surface area contributed by atoms with Crippen molar-refractivity contribution >= 4 is 11.3 Å². The van der Waals surface area contributed by atoms with E-state index in [1.54, 1.807) is 0 Å². The molecule has 0 bridgehead atoms. The van der Waals surface area contributed by atoms with Crippen LogP contribution in [0.3, 0.4) is 0 Å². The summed E-state index contributed by atoms with van der Waals surface area (Å²) in [5.41, 5.74) is 8.26. The second-order valence-corrected chi connectivity index (χ2v) is 4.72. The molecule has 1 aliphatic rings. The third kappa shape index (κ3) is 1.31. The van der Waals surface area contributed by atoms with Gasteiger partial charge in [-0.2, -0.15) is 0 Å². The van der Waals surface area contributed by atoms with E-state index in [9.17, 15) is 0 Å². The molecule has 1 aliphatic carbocycles. The minimum atomic E-state index is 0.603. The third-order valence-corrected chi connectivity index (χ3v) is 3.63. The summed E-state index contributed by atoms with van der Waals surface area (Å²) in [5, 5.41) is 0. The van der Waals surface area contributed by atoms with Crippen LogP contribution >= 0.6 is 0 Å². The van der Waals surface area contributed by atoms with Gasteiger partial charge < -0.3 is 5.73 Å². The van der Waals surface area contributed by atoms with Gasteiger partial charge in [-0.05, 0) is 31.9 Å². The van der Waals surface area contributed by atoms with Crippen molar-refractivity contribution in [1.29, 1.82) is 0 Å². The number of nitrogens with two attached hydrogens (primary N) is 1. The number of aromatic nitrogens is 2. The number of nitrogens with zero attached hydrogens (tertiary/aromatic N) is 2. The number of aryl methyl sites for hydroxylation is 1. The van der Waals surface area contributed by atoms with Crippen molar-refractivity contribution in [2.45, 2.75) is 38.5 Å². The van der Waals surface area contributed by atoms with Gasteiger partial charge in [0.15, 0.2) is 0 Å². The van der Waals surface area contributed by atoms with Gasteiger partial charge in [0.2, 0.25) is 0 Å². The fraction of sp³-hybridized carbons (Fsp3) is 0.462. The molecular formula is C13H17N3. The van der Waals surface area contributed by atoms with E-state index in [1.165, 1.54) is 37.2 Å². The largest absolute Gasteiger partial charge is 0.382 e. The molecule has 2 heterocycles. The Balaban J connectivity index is 2.24. The SMILES string of the molecule is Cc1cccc2c(N)nc(C3CCCC3)n12. The fourth-order valence-corrected chi connectivity index (χ4v) is 2.81. The van der Waals surface area contributed by atoms with Gasteiger partial charge in [0.25, 0.3) is 0 Å². The average Bonchev–Trinajstić information content (AvgIpc) is 2.87. The maximum Gasteiger partial charge on any atom is 0.149 e. The first-order valence-corrected chi connectivity index (χ1v) is 6.01. The van der Waals surface area contributed by atoms with Crippen molar-refractivity contribution in [3.63, 3.8) is 0 Å². The second-order valence-electron chi connectivity index (χ2n) is 4.72. The van der Waals surface area contributed by atoms with Crippen molar-refractivity contribution in [3.05, 3.63) is 29.7 Å². The van der Waals surface area contributed by atoms with Crippen molar-refractivity contribution in [2.75, 3.05) is 5.73 Å². The lowest BCUT2D eigenvalue weighted by atomic mass is 10.1. The van der Waals surface area contributed by atoms with E-state index in [1.807, 2.05) is 12.1 Å². The highest BCUT2D eigenvalue weighted by molar-refractivity contribution is 5.67. The lowest BCUT2D eigenvalue weighted by molar-refractivity contribution is 0.661. The average molecular weight is 215 g/mol. The predicted octanol–water partition coefficient (Wildman–Crippen LogP) is 2.88. The molecule has 0 amide bonds. The quantitative estimate of drug-likeness (QED) is 0.794. The fourth-order valence-electron chi connectivity index (χ4n) is 2.81. The van der Waals surface area contributed by atoms with Crippen molar-refractivity contribution in [3.8, 4) is 0 Å². The highest BCUT2D eigenvalue weighted by atomic mass is 15.1. The first kappa shape index (κ1) is 9.70. The number of imidazole rings is 1. The minimum Gasteiger partial charge on any atom is -0.382 e. The molecule has 0 spiro atoms. The second kappa shape index (κ2) is 3.51. The Morgan fingerprint density at radius 2 is 2.06 bits per heavy atom. The van der Waals surface area contributed by atoms with E-state index in [0.717, 1.165) is 5.52 Å².